The molecule has 27 heavy (non-hydrogen) atoms. The molecule has 0 amide bonds. The van der Waals surface area contributed by atoms with E-state index in [1.165, 1.54) is 13.1 Å². The second kappa shape index (κ2) is 7.92. The number of sulfonamides is 1. The fraction of sp³-hybridized carbons (Fsp3) is 0.571. The largest absolute Gasteiger partial charge is 0.435 e. The maximum Gasteiger partial charge on any atom is 0.435 e. The highest BCUT2D eigenvalue weighted by atomic mass is 32.2. The van der Waals surface area contributed by atoms with Gasteiger partial charge in [0.1, 0.15) is 4.90 Å². The number of alkyl halides is 5. The Morgan fingerprint density at radius 2 is 1.89 bits per heavy atom. The van der Waals surface area contributed by atoms with Gasteiger partial charge in [0, 0.05) is 12.7 Å². The smallest absolute Gasteiger partial charge is 0.269 e. The highest BCUT2D eigenvalue weighted by Gasteiger charge is 2.34. The zero-order valence-corrected chi connectivity index (χ0v) is 15.2. The zero-order valence-electron chi connectivity index (χ0n) is 14.4. The van der Waals surface area contributed by atoms with Gasteiger partial charge in [-0.05, 0) is 25.8 Å². The van der Waals surface area contributed by atoms with Gasteiger partial charge in [0.25, 0.3) is 0 Å². The van der Waals surface area contributed by atoms with Crippen LogP contribution in [0, 0.1) is 6.92 Å². The molecule has 0 aliphatic carbocycles. The van der Waals surface area contributed by atoms with E-state index in [0.717, 1.165) is 16.9 Å². The number of nitrogens with one attached hydrogen (secondary N) is 1. The van der Waals surface area contributed by atoms with E-state index >= 15 is 0 Å². The molecule has 0 aliphatic rings. The molecule has 2 heterocycles. The van der Waals surface area contributed by atoms with Crippen molar-refractivity contribution in [1.82, 2.24) is 24.3 Å². The molecule has 0 saturated heterocycles. The minimum atomic E-state index is -4.56. The van der Waals surface area contributed by atoms with E-state index in [1.807, 2.05) is 0 Å². The lowest BCUT2D eigenvalue weighted by Crippen LogP contribution is -2.27. The predicted octanol–water partition coefficient (Wildman–Crippen LogP) is 3.12. The number of aryl methyl sites for hydroxylation is 1. The SMILES string of the molecule is CC[C@H](CCNS(=O)(=O)c1cn(C(F)F)nc1C)n1ccc(C(F)(F)F)n1. The minimum absolute atomic E-state index is 0.0864. The van der Waals surface area contributed by atoms with E-state index in [1.54, 1.807) is 6.92 Å². The average Bonchev–Trinajstić information content (AvgIpc) is 3.18. The van der Waals surface area contributed by atoms with Gasteiger partial charge in [-0.25, -0.2) is 17.8 Å². The summed E-state index contributed by atoms with van der Waals surface area (Å²) in [5.74, 6) is 0. The van der Waals surface area contributed by atoms with Gasteiger partial charge in [0.15, 0.2) is 5.69 Å². The predicted molar refractivity (Wildman–Crippen MR) is 84.6 cm³/mol. The Labute approximate surface area is 152 Å². The Bertz CT molecular complexity index is 875. The van der Waals surface area contributed by atoms with Crippen molar-refractivity contribution in [2.24, 2.45) is 0 Å². The molecule has 1 N–H and O–H groups in total. The first kappa shape index (κ1) is 21.3. The lowest BCUT2D eigenvalue weighted by atomic mass is 10.1. The van der Waals surface area contributed by atoms with Crippen LogP contribution in [0.4, 0.5) is 22.0 Å². The molecule has 2 rings (SSSR count). The van der Waals surface area contributed by atoms with Gasteiger partial charge < -0.3 is 0 Å². The Balaban J connectivity index is 2.04. The molecule has 0 unspecified atom stereocenters. The van der Waals surface area contributed by atoms with Crippen LogP contribution in [-0.4, -0.2) is 34.5 Å². The fourth-order valence-corrected chi connectivity index (χ4v) is 3.70. The van der Waals surface area contributed by atoms with Crippen molar-refractivity contribution in [3.63, 3.8) is 0 Å². The number of nitrogens with zero attached hydrogens (tertiary/aromatic N) is 4. The van der Waals surface area contributed by atoms with Crippen LogP contribution in [0.3, 0.4) is 0 Å². The van der Waals surface area contributed by atoms with Gasteiger partial charge in [0.05, 0.1) is 17.9 Å². The first-order chi connectivity index (χ1) is 12.5. The van der Waals surface area contributed by atoms with Crippen LogP contribution in [0.1, 0.15) is 43.7 Å². The van der Waals surface area contributed by atoms with Crippen LogP contribution >= 0.6 is 0 Å². The van der Waals surface area contributed by atoms with Gasteiger partial charge in [0.2, 0.25) is 10.0 Å². The maximum atomic E-state index is 12.6. The normalized spacial score (nSPS) is 14.1. The van der Waals surface area contributed by atoms with Gasteiger partial charge in [-0.2, -0.15) is 32.1 Å². The summed E-state index contributed by atoms with van der Waals surface area (Å²) >= 11 is 0. The summed E-state index contributed by atoms with van der Waals surface area (Å²) in [6, 6.07) is 0.378. The highest BCUT2D eigenvalue weighted by Crippen LogP contribution is 2.28. The summed E-state index contributed by atoms with van der Waals surface area (Å²) in [5, 5.41) is 6.92. The van der Waals surface area contributed by atoms with Crippen molar-refractivity contribution < 1.29 is 30.4 Å². The molecule has 0 fully saturated rings. The minimum Gasteiger partial charge on any atom is -0.269 e. The van der Waals surface area contributed by atoms with Crippen molar-refractivity contribution in [2.75, 3.05) is 6.54 Å². The van der Waals surface area contributed by atoms with Crippen molar-refractivity contribution in [2.45, 2.75) is 50.4 Å². The number of aromatic nitrogens is 4. The van der Waals surface area contributed by atoms with Crippen molar-refractivity contribution in [3.8, 4) is 0 Å². The first-order valence-corrected chi connectivity index (χ1v) is 9.40. The summed E-state index contributed by atoms with van der Waals surface area (Å²) in [7, 11) is -4.08. The van der Waals surface area contributed by atoms with Crippen LogP contribution in [-0.2, 0) is 16.2 Å². The highest BCUT2D eigenvalue weighted by molar-refractivity contribution is 7.89. The Kier molecular flexibility index (Phi) is 6.24. The van der Waals surface area contributed by atoms with Crippen molar-refractivity contribution >= 4 is 10.0 Å². The lowest BCUT2D eigenvalue weighted by molar-refractivity contribution is -0.141. The van der Waals surface area contributed by atoms with E-state index in [2.05, 4.69) is 14.9 Å². The van der Waals surface area contributed by atoms with Crippen molar-refractivity contribution in [3.05, 3.63) is 29.8 Å². The number of hydrogen-bond acceptors (Lipinski definition) is 4. The van der Waals surface area contributed by atoms with Crippen LogP contribution in [0.5, 0.6) is 0 Å². The van der Waals surface area contributed by atoms with Gasteiger partial charge >= 0.3 is 12.7 Å². The lowest BCUT2D eigenvalue weighted by Gasteiger charge is -2.16. The first-order valence-electron chi connectivity index (χ1n) is 7.91. The Morgan fingerprint density at radius 3 is 2.37 bits per heavy atom. The zero-order chi connectivity index (χ0) is 20.4. The quantitative estimate of drug-likeness (QED) is 0.672. The molecule has 0 aromatic carbocycles. The molecule has 7 nitrogen and oxygen atoms in total. The van der Waals surface area contributed by atoms with Crippen LogP contribution in [0.2, 0.25) is 0 Å². The summed E-state index contributed by atoms with van der Waals surface area (Å²) < 4.78 is 91.3. The van der Waals surface area contributed by atoms with Gasteiger partial charge in [-0.1, -0.05) is 6.92 Å². The third kappa shape index (κ3) is 5.03. The maximum absolute atomic E-state index is 12.6. The molecule has 1 atom stereocenters. The summed E-state index contributed by atoms with van der Waals surface area (Å²) in [5.41, 5.74) is -1.12. The number of halogens is 5. The summed E-state index contributed by atoms with van der Waals surface area (Å²) in [6.07, 6.45) is -2.07. The van der Waals surface area contributed by atoms with Crippen LogP contribution in [0.15, 0.2) is 23.4 Å². The molecule has 0 spiro atoms. The Morgan fingerprint density at radius 1 is 1.22 bits per heavy atom. The third-order valence-corrected chi connectivity index (χ3v) is 5.44. The van der Waals surface area contributed by atoms with E-state index in [-0.39, 0.29) is 28.2 Å². The van der Waals surface area contributed by atoms with Crippen molar-refractivity contribution in [1.29, 1.82) is 0 Å². The summed E-state index contributed by atoms with van der Waals surface area (Å²) in [6.45, 7) is -0.0727. The average molecular weight is 415 g/mol. The molecule has 0 saturated carbocycles. The molecule has 13 heteroatoms. The molecular formula is C14H18F5N5O2S. The van der Waals surface area contributed by atoms with E-state index < -0.39 is 34.5 Å². The van der Waals surface area contributed by atoms with E-state index in [9.17, 15) is 30.4 Å². The third-order valence-electron chi connectivity index (χ3n) is 3.87. The summed E-state index contributed by atoms with van der Waals surface area (Å²) in [4.78, 5) is -0.380. The fourth-order valence-electron chi connectivity index (χ4n) is 2.48. The second-order valence-electron chi connectivity index (χ2n) is 5.76. The Hall–Kier alpha value is -2.02. The number of rotatable bonds is 8. The topological polar surface area (TPSA) is 81.8 Å². The molecule has 0 aliphatic heterocycles. The van der Waals surface area contributed by atoms with E-state index in [4.69, 9.17) is 0 Å². The standard InChI is InChI=1S/C14H18F5N5O2S/c1-3-10(23-7-5-12(22-23)14(17,18)19)4-6-20-27(25,26)11-8-24(13(15)16)21-9(11)2/h5,7-8,10,13,20H,3-4,6H2,1-2H3/t10-/m1/s1. The molecular weight excluding hydrogens is 397 g/mol. The van der Waals surface area contributed by atoms with Gasteiger partial charge in [-0.15, -0.1) is 0 Å². The molecule has 152 valence electrons. The van der Waals surface area contributed by atoms with E-state index in [0.29, 0.717) is 6.42 Å². The monoisotopic (exact) mass is 415 g/mol. The number of hydrogen-bond donors (Lipinski definition) is 1. The van der Waals surface area contributed by atoms with Crippen LogP contribution in [0.25, 0.3) is 0 Å². The molecule has 2 aromatic rings. The second-order valence-corrected chi connectivity index (χ2v) is 7.50. The van der Waals surface area contributed by atoms with Gasteiger partial charge in [-0.3, -0.25) is 4.68 Å². The molecule has 0 radical (unpaired) electrons. The molecule has 2 aromatic heterocycles. The molecule has 0 bridgehead atoms. The van der Waals surface area contributed by atoms with Crippen LogP contribution < -0.4 is 4.72 Å².